The maximum absolute atomic E-state index is 5.45. The second-order valence-corrected chi connectivity index (χ2v) is 6.56. The summed E-state index contributed by atoms with van der Waals surface area (Å²) in [6.07, 6.45) is 2.66. The lowest BCUT2D eigenvalue weighted by Crippen LogP contribution is -2.48. The van der Waals surface area contributed by atoms with Crippen molar-refractivity contribution in [3.05, 3.63) is 60.3 Å². The number of tetrazole rings is 1. The molecule has 0 N–H and O–H groups in total. The molecule has 26 heavy (non-hydrogen) atoms. The number of nitrogens with zero attached hydrogens (tertiary/aromatic N) is 6. The van der Waals surface area contributed by atoms with Crippen molar-refractivity contribution in [1.82, 2.24) is 25.1 Å². The summed E-state index contributed by atoms with van der Waals surface area (Å²) >= 11 is 0. The van der Waals surface area contributed by atoms with Crippen LogP contribution in [-0.2, 0) is 6.54 Å². The predicted molar refractivity (Wildman–Crippen MR) is 98.9 cm³/mol. The van der Waals surface area contributed by atoms with Crippen LogP contribution in [0.3, 0.4) is 0 Å². The molecule has 1 aliphatic rings. The molecule has 3 heterocycles. The summed E-state index contributed by atoms with van der Waals surface area (Å²) in [6, 6.07) is 14.7. The van der Waals surface area contributed by atoms with Crippen molar-refractivity contribution in [3.63, 3.8) is 0 Å². The van der Waals surface area contributed by atoms with Crippen LogP contribution < -0.4 is 4.90 Å². The van der Waals surface area contributed by atoms with Gasteiger partial charge in [-0.15, -0.1) is 5.10 Å². The molecule has 0 spiro atoms. The van der Waals surface area contributed by atoms with Gasteiger partial charge in [-0.1, -0.05) is 25.1 Å². The molecule has 136 valence electrons. The highest BCUT2D eigenvalue weighted by atomic mass is 16.3. The summed E-state index contributed by atoms with van der Waals surface area (Å²) in [5, 5.41) is 12.4. The van der Waals surface area contributed by atoms with Crippen LogP contribution in [0.4, 0.5) is 5.69 Å². The molecule has 0 radical (unpaired) electrons. The van der Waals surface area contributed by atoms with Crippen LogP contribution in [0.25, 0.3) is 0 Å². The van der Waals surface area contributed by atoms with Crippen molar-refractivity contribution in [1.29, 1.82) is 0 Å². The average molecular weight is 352 g/mol. The monoisotopic (exact) mass is 352 g/mol. The molecule has 1 atom stereocenters. The fourth-order valence-corrected chi connectivity index (χ4v) is 3.65. The summed E-state index contributed by atoms with van der Waals surface area (Å²) in [5.41, 5.74) is 1.29. The first-order valence-corrected chi connectivity index (χ1v) is 9.17. The lowest BCUT2D eigenvalue weighted by atomic mass is 10.1. The van der Waals surface area contributed by atoms with E-state index in [2.05, 4.69) is 62.6 Å². The van der Waals surface area contributed by atoms with Gasteiger partial charge in [-0.2, -0.15) is 0 Å². The number of hydrogen-bond donors (Lipinski definition) is 0. The van der Waals surface area contributed by atoms with Crippen LogP contribution in [0.15, 0.2) is 53.1 Å². The lowest BCUT2D eigenvalue weighted by molar-refractivity contribution is 0.169. The van der Waals surface area contributed by atoms with Gasteiger partial charge in [0.1, 0.15) is 12.3 Å². The predicted octanol–water partition coefficient (Wildman–Crippen LogP) is 2.59. The molecule has 1 fully saturated rings. The Morgan fingerprint density at radius 2 is 1.85 bits per heavy atom. The third-order valence-corrected chi connectivity index (χ3v) is 5.01. The van der Waals surface area contributed by atoms with Crippen LogP contribution in [0.1, 0.15) is 31.0 Å². The molecule has 1 saturated heterocycles. The maximum atomic E-state index is 5.45. The van der Waals surface area contributed by atoms with Crippen molar-refractivity contribution in [3.8, 4) is 0 Å². The largest absolute Gasteiger partial charge is 0.467 e. The first kappa shape index (κ1) is 16.8. The lowest BCUT2D eigenvalue weighted by Gasteiger charge is -2.39. The molecule has 2 aromatic heterocycles. The Balaban J connectivity index is 1.45. The number of rotatable bonds is 6. The van der Waals surface area contributed by atoms with Crippen molar-refractivity contribution in [2.24, 2.45) is 0 Å². The first-order chi connectivity index (χ1) is 12.8. The zero-order chi connectivity index (χ0) is 17.8. The normalized spacial score (nSPS) is 16.7. The van der Waals surface area contributed by atoms with Gasteiger partial charge in [-0.25, -0.2) is 4.68 Å². The maximum Gasteiger partial charge on any atom is 0.168 e. The summed E-state index contributed by atoms with van der Waals surface area (Å²) in [7, 11) is 0. The topological polar surface area (TPSA) is 63.2 Å². The van der Waals surface area contributed by atoms with Crippen molar-refractivity contribution >= 4 is 5.69 Å². The second kappa shape index (κ2) is 7.70. The third kappa shape index (κ3) is 3.48. The molecule has 1 aliphatic heterocycles. The molecule has 0 aliphatic carbocycles. The second-order valence-electron chi connectivity index (χ2n) is 6.56. The molecule has 1 unspecified atom stereocenters. The minimum Gasteiger partial charge on any atom is -0.467 e. The minimum atomic E-state index is 0.220. The number of para-hydroxylation sites is 1. The van der Waals surface area contributed by atoms with E-state index < -0.39 is 0 Å². The van der Waals surface area contributed by atoms with Crippen LogP contribution in [0.5, 0.6) is 0 Å². The highest BCUT2D eigenvalue weighted by Gasteiger charge is 2.28. The van der Waals surface area contributed by atoms with E-state index >= 15 is 0 Å². The number of piperazine rings is 1. The van der Waals surface area contributed by atoms with E-state index in [1.165, 1.54) is 5.69 Å². The zero-order valence-electron chi connectivity index (χ0n) is 15.0. The number of aromatic nitrogens is 4. The van der Waals surface area contributed by atoms with E-state index in [1.54, 1.807) is 6.26 Å². The van der Waals surface area contributed by atoms with Gasteiger partial charge >= 0.3 is 0 Å². The van der Waals surface area contributed by atoms with Crippen LogP contribution in [0, 0.1) is 0 Å². The van der Waals surface area contributed by atoms with E-state index in [0.29, 0.717) is 6.54 Å². The Bertz CT molecular complexity index is 793. The van der Waals surface area contributed by atoms with Crippen molar-refractivity contribution in [2.75, 3.05) is 31.1 Å². The average Bonchev–Trinajstić information content (AvgIpc) is 3.37. The molecule has 3 aromatic rings. The summed E-state index contributed by atoms with van der Waals surface area (Å²) in [4.78, 5) is 4.93. The molecular formula is C19H24N6O. The fraction of sp³-hybridized carbons (Fsp3) is 0.421. The highest BCUT2D eigenvalue weighted by molar-refractivity contribution is 5.46. The Morgan fingerprint density at radius 3 is 2.54 bits per heavy atom. The summed E-state index contributed by atoms with van der Waals surface area (Å²) in [5.74, 6) is 1.78. The van der Waals surface area contributed by atoms with Crippen molar-refractivity contribution in [2.45, 2.75) is 25.9 Å². The molecule has 7 heteroatoms. The quantitative estimate of drug-likeness (QED) is 0.679. The van der Waals surface area contributed by atoms with Gasteiger partial charge in [0.15, 0.2) is 5.82 Å². The summed E-state index contributed by atoms with van der Waals surface area (Å²) < 4.78 is 7.30. The standard InChI is InChI=1S/C19H24N6O/c1-2-18(19-20-21-22-25(19)15-17-9-6-14-26-17)24-12-10-23(11-13-24)16-7-4-3-5-8-16/h3-9,14,18H,2,10-13,15H2,1H3. The van der Waals surface area contributed by atoms with Gasteiger partial charge in [-0.3, -0.25) is 4.90 Å². The Kier molecular flexibility index (Phi) is 4.97. The van der Waals surface area contributed by atoms with Gasteiger partial charge in [-0.05, 0) is 41.1 Å². The number of benzene rings is 1. The SMILES string of the molecule is CCC(c1nnnn1Cc1ccco1)N1CCN(c2ccccc2)CC1. The van der Waals surface area contributed by atoms with E-state index in [0.717, 1.165) is 44.2 Å². The highest BCUT2D eigenvalue weighted by Crippen LogP contribution is 2.25. The Hall–Kier alpha value is -2.67. The Labute approximate surface area is 153 Å². The van der Waals surface area contributed by atoms with Gasteiger partial charge in [0.25, 0.3) is 0 Å². The molecule has 1 aromatic carbocycles. The van der Waals surface area contributed by atoms with Crippen LogP contribution >= 0.6 is 0 Å². The molecule has 0 saturated carbocycles. The number of anilines is 1. The number of furan rings is 1. The van der Waals surface area contributed by atoms with Gasteiger partial charge in [0.2, 0.25) is 0 Å². The Morgan fingerprint density at radius 1 is 1.04 bits per heavy atom. The smallest absolute Gasteiger partial charge is 0.168 e. The van der Waals surface area contributed by atoms with Gasteiger partial charge < -0.3 is 9.32 Å². The first-order valence-electron chi connectivity index (χ1n) is 9.17. The molecule has 0 bridgehead atoms. The van der Waals surface area contributed by atoms with E-state index in [-0.39, 0.29) is 6.04 Å². The zero-order valence-corrected chi connectivity index (χ0v) is 15.0. The van der Waals surface area contributed by atoms with Crippen LogP contribution in [-0.4, -0.2) is 51.3 Å². The van der Waals surface area contributed by atoms with Crippen molar-refractivity contribution < 1.29 is 4.42 Å². The van der Waals surface area contributed by atoms with Gasteiger partial charge in [0.05, 0.1) is 12.3 Å². The van der Waals surface area contributed by atoms with E-state index in [4.69, 9.17) is 4.42 Å². The van der Waals surface area contributed by atoms with E-state index in [9.17, 15) is 0 Å². The molecular weight excluding hydrogens is 328 g/mol. The molecule has 0 amide bonds. The fourth-order valence-electron chi connectivity index (χ4n) is 3.65. The summed E-state index contributed by atoms with van der Waals surface area (Å²) in [6.45, 7) is 6.79. The molecule has 7 nitrogen and oxygen atoms in total. The van der Waals surface area contributed by atoms with Crippen LogP contribution in [0.2, 0.25) is 0 Å². The third-order valence-electron chi connectivity index (χ3n) is 5.01. The van der Waals surface area contributed by atoms with Gasteiger partial charge in [0, 0.05) is 31.9 Å². The minimum absolute atomic E-state index is 0.220. The van der Waals surface area contributed by atoms with E-state index in [1.807, 2.05) is 16.8 Å². The number of hydrogen-bond acceptors (Lipinski definition) is 6. The molecule has 4 rings (SSSR count).